The van der Waals surface area contributed by atoms with E-state index in [1.807, 2.05) is 0 Å². The summed E-state index contributed by atoms with van der Waals surface area (Å²) in [5, 5.41) is -0.183. The first-order valence-electron chi connectivity index (χ1n) is 7.22. The van der Waals surface area contributed by atoms with Crippen molar-refractivity contribution in [2.24, 2.45) is 0 Å². The van der Waals surface area contributed by atoms with Gasteiger partial charge in [-0.05, 0) is 25.0 Å². The quantitative estimate of drug-likeness (QED) is 0.394. The van der Waals surface area contributed by atoms with Gasteiger partial charge in [-0.25, -0.2) is 8.78 Å². The van der Waals surface area contributed by atoms with Crippen LogP contribution in [-0.2, 0) is 6.42 Å². The summed E-state index contributed by atoms with van der Waals surface area (Å²) in [5.74, 6) is -0.984. The van der Waals surface area contributed by atoms with Crippen LogP contribution in [0.25, 0.3) is 0 Å². The largest absolute Gasteiger partial charge is 0.207 e. The molecule has 0 aliphatic heterocycles. The molecule has 0 aliphatic carbocycles. The molecule has 19 heavy (non-hydrogen) atoms. The van der Waals surface area contributed by atoms with E-state index in [1.165, 1.54) is 43.9 Å². The number of hydrogen-bond acceptors (Lipinski definition) is 0. The molecule has 0 aliphatic rings. The van der Waals surface area contributed by atoms with Crippen molar-refractivity contribution < 1.29 is 8.78 Å². The van der Waals surface area contributed by atoms with Crippen molar-refractivity contribution in [3.63, 3.8) is 0 Å². The Hall–Kier alpha value is -0.630. The lowest BCUT2D eigenvalue weighted by atomic mass is 10.0. The van der Waals surface area contributed by atoms with Gasteiger partial charge in [0.2, 0.25) is 0 Å². The second-order valence-corrected chi connectivity index (χ2v) is 5.68. The second-order valence-electron chi connectivity index (χ2n) is 5.06. The molecule has 0 bridgehead atoms. The van der Waals surface area contributed by atoms with Crippen LogP contribution in [0.2, 0.25) is 0 Å². The average Bonchev–Trinajstić information content (AvgIpc) is 2.38. The van der Waals surface area contributed by atoms with Crippen LogP contribution < -0.4 is 0 Å². The zero-order valence-corrected chi connectivity index (χ0v) is 12.4. The molecule has 0 radical (unpaired) electrons. The highest BCUT2D eigenvalue weighted by molar-refractivity contribution is 6.20. The second kappa shape index (κ2) is 9.30. The minimum absolute atomic E-state index is 0.119. The van der Waals surface area contributed by atoms with E-state index >= 15 is 0 Å². The fourth-order valence-corrected chi connectivity index (χ4v) is 2.51. The number of halogens is 3. The molecule has 0 saturated carbocycles. The summed E-state index contributed by atoms with van der Waals surface area (Å²) < 4.78 is 26.9. The minimum Gasteiger partial charge on any atom is -0.207 e. The fourth-order valence-electron chi connectivity index (χ4n) is 2.20. The number of alkyl halides is 1. The van der Waals surface area contributed by atoms with E-state index in [0.29, 0.717) is 0 Å². The molecule has 1 unspecified atom stereocenters. The van der Waals surface area contributed by atoms with Crippen LogP contribution in [-0.4, -0.2) is 5.38 Å². The third-order valence-electron chi connectivity index (χ3n) is 3.36. The molecule has 0 fully saturated rings. The normalized spacial score (nSPS) is 12.6. The smallest absolute Gasteiger partial charge is 0.129 e. The Morgan fingerprint density at radius 1 is 1.00 bits per heavy atom. The van der Waals surface area contributed by atoms with Gasteiger partial charge in [-0.15, -0.1) is 11.6 Å². The Morgan fingerprint density at radius 3 is 2.21 bits per heavy atom. The third-order valence-corrected chi connectivity index (χ3v) is 3.73. The molecule has 0 spiro atoms. The first-order chi connectivity index (χ1) is 9.15. The van der Waals surface area contributed by atoms with Crippen LogP contribution in [0.5, 0.6) is 0 Å². The van der Waals surface area contributed by atoms with Crippen molar-refractivity contribution in [1.29, 1.82) is 0 Å². The van der Waals surface area contributed by atoms with Crippen molar-refractivity contribution in [1.82, 2.24) is 0 Å². The van der Waals surface area contributed by atoms with Gasteiger partial charge in [0.15, 0.2) is 0 Å². The zero-order chi connectivity index (χ0) is 14.1. The van der Waals surface area contributed by atoms with Gasteiger partial charge >= 0.3 is 0 Å². The van der Waals surface area contributed by atoms with Gasteiger partial charge in [-0.1, -0.05) is 51.5 Å². The molecule has 0 heterocycles. The number of benzene rings is 1. The number of unbranched alkanes of at least 4 members (excludes halogenated alkanes) is 5. The van der Waals surface area contributed by atoms with Gasteiger partial charge in [0.1, 0.15) is 11.6 Å². The Morgan fingerprint density at radius 2 is 1.58 bits per heavy atom. The molecule has 0 nitrogen and oxygen atoms in total. The highest BCUT2D eigenvalue weighted by Gasteiger charge is 2.13. The van der Waals surface area contributed by atoms with Crippen molar-refractivity contribution in [2.45, 2.75) is 63.7 Å². The molecule has 3 heteroatoms. The summed E-state index contributed by atoms with van der Waals surface area (Å²) in [6.07, 6.45) is 8.31. The summed E-state index contributed by atoms with van der Waals surface area (Å²) in [5.41, 5.74) is 0.119. The average molecular weight is 289 g/mol. The SMILES string of the molecule is CCCCCCCCC(Cl)Cc1c(F)cccc1F. The maximum absolute atomic E-state index is 13.4. The standard InChI is InChI=1S/C16H23ClF2/c1-2-3-4-5-6-7-9-13(17)12-14-15(18)10-8-11-16(14)19/h8,10-11,13H,2-7,9,12H2,1H3. The van der Waals surface area contributed by atoms with E-state index < -0.39 is 11.6 Å². The minimum atomic E-state index is -0.492. The molecule has 0 aromatic heterocycles. The van der Waals surface area contributed by atoms with E-state index in [4.69, 9.17) is 11.6 Å². The van der Waals surface area contributed by atoms with Crippen LogP contribution in [0.4, 0.5) is 8.78 Å². The van der Waals surface area contributed by atoms with Crippen LogP contribution in [0.1, 0.15) is 57.4 Å². The lowest BCUT2D eigenvalue weighted by molar-refractivity contribution is 0.537. The number of hydrogen-bond donors (Lipinski definition) is 0. The van der Waals surface area contributed by atoms with Crippen molar-refractivity contribution >= 4 is 11.6 Å². The summed E-state index contributed by atoms with van der Waals surface area (Å²) >= 11 is 6.17. The van der Waals surface area contributed by atoms with Gasteiger partial charge in [-0.2, -0.15) is 0 Å². The van der Waals surface area contributed by atoms with Gasteiger partial charge in [0.05, 0.1) is 0 Å². The highest BCUT2D eigenvalue weighted by atomic mass is 35.5. The molecule has 1 atom stereocenters. The number of rotatable bonds is 9. The topological polar surface area (TPSA) is 0 Å². The summed E-state index contributed by atoms with van der Waals surface area (Å²) in [4.78, 5) is 0. The van der Waals surface area contributed by atoms with Crippen LogP contribution in [0.3, 0.4) is 0 Å². The molecule has 0 saturated heterocycles. The monoisotopic (exact) mass is 288 g/mol. The third kappa shape index (κ3) is 6.38. The lowest BCUT2D eigenvalue weighted by Crippen LogP contribution is -2.07. The molecule has 1 rings (SSSR count). The highest BCUT2D eigenvalue weighted by Crippen LogP contribution is 2.20. The molecule has 1 aromatic carbocycles. The lowest BCUT2D eigenvalue weighted by Gasteiger charge is -2.11. The van der Waals surface area contributed by atoms with Crippen molar-refractivity contribution in [3.8, 4) is 0 Å². The maximum atomic E-state index is 13.4. The molecule has 0 N–H and O–H groups in total. The summed E-state index contributed by atoms with van der Waals surface area (Å²) in [6, 6.07) is 3.95. The fraction of sp³-hybridized carbons (Fsp3) is 0.625. The molecular weight excluding hydrogens is 266 g/mol. The van der Waals surface area contributed by atoms with Gasteiger partial charge in [0, 0.05) is 10.9 Å². The molecule has 0 amide bonds. The maximum Gasteiger partial charge on any atom is 0.129 e. The molecule has 108 valence electrons. The first kappa shape index (κ1) is 16.4. The Bertz CT molecular complexity index is 346. The Balaban J connectivity index is 2.25. The van der Waals surface area contributed by atoms with E-state index in [1.54, 1.807) is 0 Å². The van der Waals surface area contributed by atoms with Gasteiger partial charge < -0.3 is 0 Å². The summed E-state index contributed by atoms with van der Waals surface area (Å²) in [7, 11) is 0. The predicted molar refractivity (Wildman–Crippen MR) is 77.7 cm³/mol. The summed E-state index contributed by atoms with van der Waals surface area (Å²) in [6.45, 7) is 2.19. The van der Waals surface area contributed by atoms with E-state index in [-0.39, 0.29) is 17.4 Å². The van der Waals surface area contributed by atoms with Crippen molar-refractivity contribution in [3.05, 3.63) is 35.4 Å². The van der Waals surface area contributed by atoms with Gasteiger partial charge in [0.25, 0.3) is 0 Å². The van der Waals surface area contributed by atoms with Crippen LogP contribution in [0, 0.1) is 11.6 Å². The first-order valence-corrected chi connectivity index (χ1v) is 7.65. The zero-order valence-electron chi connectivity index (χ0n) is 11.6. The Labute approximate surface area is 120 Å². The molecular formula is C16H23ClF2. The van der Waals surface area contributed by atoms with E-state index in [9.17, 15) is 8.78 Å². The van der Waals surface area contributed by atoms with Crippen LogP contribution in [0.15, 0.2) is 18.2 Å². The molecule has 1 aromatic rings. The van der Waals surface area contributed by atoms with Gasteiger partial charge in [-0.3, -0.25) is 0 Å². The van der Waals surface area contributed by atoms with E-state index in [2.05, 4.69) is 6.92 Å². The van der Waals surface area contributed by atoms with Crippen molar-refractivity contribution in [2.75, 3.05) is 0 Å². The Kier molecular flexibility index (Phi) is 8.04. The predicted octanol–water partition coefficient (Wildman–Crippen LogP) is 5.87. The van der Waals surface area contributed by atoms with E-state index in [0.717, 1.165) is 19.3 Å². The van der Waals surface area contributed by atoms with Crippen LogP contribution >= 0.6 is 11.6 Å².